The number of hydrogen-bond donors (Lipinski definition) is 0. The number of pyridine rings is 3. The molecular weight excluding hydrogens is 234 g/mol. The predicted molar refractivity (Wildman–Crippen MR) is 72.7 cm³/mol. The van der Waals surface area contributed by atoms with E-state index in [1.54, 1.807) is 6.20 Å². The van der Waals surface area contributed by atoms with Crippen molar-refractivity contribution >= 4 is 0 Å². The third-order valence-electron chi connectivity index (χ3n) is 3.54. The summed E-state index contributed by atoms with van der Waals surface area (Å²) in [7, 11) is 0. The maximum Gasteiger partial charge on any atom is 0.0930 e. The Labute approximate surface area is 111 Å². The standard InChI is InChI=1S/C16H11N3/c1-4-11(10-17-7-1)14-12-5-2-8-18-15(12)16-13(14)6-3-9-19-16/h1-10,14H. The van der Waals surface area contributed by atoms with Crippen molar-refractivity contribution in [2.24, 2.45) is 0 Å². The first-order chi connectivity index (χ1) is 9.45. The summed E-state index contributed by atoms with van der Waals surface area (Å²) in [6.45, 7) is 0. The first-order valence-corrected chi connectivity index (χ1v) is 6.25. The molecule has 19 heavy (non-hydrogen) atoms. The van der Waals surface area contributed by atoms with Crippen LogP contribution in [0.25, 0.3) is 11.4 Å². The first kappa shape index (κ1) is 10.4. The van der Waals surface area contributed by atoms with Crippen LogP contribution >= 0.6 is 0 Å². The Bertz CT molecular complexity index is 692. The second kappa shape index (κ2) is 3.99. The molecule has 0 bridgehead atoms. The maximum absolute atomic E-state index is 4.49. The van der Waals surface area contributed by atoms with Crippen molar-refractivity contribution in [3.63, 3.8) is 0 Å². The Balaban J connectivity index is 2.02. The van der Waals surface area contributed by atoms with E-state index in [1.807, 2.05) is 36.8 Å². The van der Waals surface area contributed by atoms with Gasteiger partial charge in [-0.05, 0) is 34.9 Å². The zero-order valence-corrected chi connectivity index (χ0v) is 10.2. The van der Waals surface area contributed by atoms with Crippen molar-refractivity contribution in [1.29, 1.82) is 0 Å². The molecule has 0 atom stereocenters. The highest BCUT2D eigenvalue weighted by molar-refractivity contribution is 5.74. The van der Waals surface area contributed by atoms with Crippen LogP contribution in [0.1, 0.15) is 22.6 Å². The number of hydrogen-bond acceptors (Lipinski definition) is 3. The van der Waals surface area contributed by atoms with Crippen LogP contribution in [0, 0.1) is 0 Å². The normalized spacial score (nSPS) is 13.1. The summed E-state index contributed by atoms with van der Waals surface area (Å²) in [5, 5.41) is 0. The predicted octanol–water partition coefficient (Wildman–Crippen LogP) is 3.03. The van der Waals surface area contributed by atoms with Gasteiger partial charge in [-0.15, -0.1) is 0 Å². The highest BCUT2D eigenvalue weighted by Gasteiger charge is 2.31. The Morgan fingerprint density at radius 3 is 1.95 bits per heavy atom. The molecular formula is C16H11N3. The van der Waals surface area contributed by atoms with E-state index in [4.69, 9.17) is 0 Å². The van der Waals surface area contributed by atoms with E-state index in [2.05, 4.69) is 33.2 Å². The number of rotatable bonds is 1. The number of fused-ring (bicyclic) bond motifs is 3. The quantitative estimate of drug-likeness (QED) is 0.517. The summed E-state index contributed by atoms with van der Waals surface area (Å²) in [5.74, 6) is 0.195. The number of nitrogens with zero attached hydrogens (tertiary/aromatic N) is 3. The minimum Gasteiger partial charge on any atom is -0.264 e. The van der Waals surface area contributed by atoms with Gasteiger partial charge in [0.25, 0.3) is 0 Å². The van der Waals surface area contributed by atoms with E-state index in [1.165, 1.54) is 16.7 Å². The van der Waals surface area contributed by atoms with E-state index in [-0.39, 0.29) is 5.92 Å². The Hall–Kier alpha value is -2.55. The minimum absolute atomic E-state index is 0.195. The molecule has 3 heterocycles. The molecule has 0 aromatic carbocycles. The third kappa shape index (κ3) is 1.48. The van der Waals surface area contributed by atoms with Crippen LogP contribution < -0.4 is 0 Å². The fourth-order valence-corrected chi connectivity index (χ4v) is 2.77. The summed E-state index contributed by atoms with van der Waals surface area (Å²) >= 11 is 0. The van der Waals surface area contributed by atoms with Crippen LogP contribution in [0.4, 0.5) is 0 Å². The van der Waals surface area contributed by atoms with Gasteiger partial charge in [-0.25, -0.2) is 0 Å². The van der Waals surface area contributed by atoms with Crippen molar-refractivity contribution in [1.82, 2.24) is 15.0 Å². The van der Waals surface area contributed by atoms with Gasteiger partial charge in [0.1, 0.15) is 0 Å². The molecule has 3 nitrogen and oxygen atoms in total. The van der Waals surface area contributed by atoms with Crippen LogP contribution in [0.3, 0.4) is 0 Å². The molecule has 0 fully saturated rings. The van der Waals surface area contributed by atoms with Crippen LogP contribution in [-0.2, 0) is 0 Å². The molecule has 3 aromatic rings. The van der Waals surface area contributed by atoms with E-state index in [0.29, 0.717) is 0 Å². The van der Waals surface area contributed by atoms with Crippen molar-refractivity contribution in [2.75, 3.05) is 0 Å². The summed E-state index contributed by atoms with van der Waals surface area (Å²) in [5.41, 5.74) is 5.59. The first-order valence-electron chi connectivity index (χ1n) is 6.25. The molecule has 0 spiro atoms. The summed E-state index contributed by atoms with van der Waals surface area (Å²) < 4.78 is 0. The summed E-state index contributed by atoms with van der Waals surface area (Å²) in [4.78, 5) is 13.2. The van der Waals surface area contributed by atoms with Crippen molar-refractivity contribution < 1.29 is 0 Å². The van der Waals surface area contributed by atoms with Gasteiger partial charge in [0.15, 0.2) is 0 Å². The van der Waals surface area contributed by atoms with Crippen LogP contribution in [0.15, 0.2) is 61.2 Å². The molecule has 0 radical (unpaired) electrons. The molecule has 90 valence electrons. The summed E-state index contributed by atoms with van der Waals surface area (Å²) in [6, 6.07) is 12.3. The van der Waals surface area contributed by atoms with Crippen molar-refractivity contribution in [2.45, 2.75) is 5.92 Å². The maximum atomic E-state index is 4.49. The Kier molecular flexibility index (Phi) is 2.18. The minimum atomic E-state index is 0.195. The van der Waals surface area contributed by atoms with Gasteiger partial charge in [0, 0.05) is 30.7 Å². The molecule has 0 N–H and O–H groups in total. The molecule has 0 saturated heterocycles. The fraction of sp³-hybridized carbons (Fsp3) is 0.0625. The van der Waals surface area contributed by atoms with E-state index >= 15 is 0 Å². The smallest absolute Gasteiger partial charge is 0.0930 e. The topological polar surface area (TPSA) is 38.7 Å². The van der Waals surface area contributed by atoms with E-state index in [0.717, 1.165) is 11.4 Å². The van der Waals surface area contributed by atoms with E-state index in [9.17, 15) is 0 Å². The van der Waals surface area contributed by atoms with Crippen LogP contribution in [0.5, 0.6) is 0 Å². The Morgan fingerprint density at radius 2 is 1.37 bits per heavy atom. The second-order valence-corrected chi connectivity index (χ2v) is 4.60. The lowest BCUT2D eigenvalue weighted by molar-refractivity contribution is 0.988. The average Bonchev–Trinajstić information content (AvgIpc) is 2.83. The largest absolute Gasteiger partial charge is 0.264 e. The fourth-order valence-electron chi connectivity index (χ4n) is 2.77. The molecule has 3 heteroatoms. The van der Waals surface area contributed by atoms with Crippen molar-refractivity contribution in [3.8, 4) is 11.4 Å². The Morgan fingerprint density at radius 1 is 0.737 bits per heavy atom. The van der Waals surface area contributed by atoms with Gasteiger partial charge in [-0.3, -0.25) is 15.0 Å². The SMILES string of the molecule is c1cncc(C2c3cccnc3-c3ncccc32)c1. The second-order valence-electron chi connectivity index (χ2n) is 4.60. The average molecular weight is 245 g/mol. The van der Waals surface area contributed by atoms with Crippen LogP contribution in [0.2, 0.25) is 0 Å². The molecule has 0 aliphatic heterocycles. The molecule has 1 aliphatic rings. The zero-order valence-electron chi connectivity index (χ0n) is 10.2. The lowest BCUT2D eigenvalue weighted by Gasteiger charge is -2.12. The lowest BCUT2D eigenvalue weighted by Crippen LogP contribution is -1.99. The highest BCUT2D eigenvalue weighted by atomic mass is 14.8. The molecule has 1 aliphatic carbocycles. The van der Waals surface area contributed by atoms with E-state index < -0.39 is 0 Å². The molecule has 3 aromatic heterocycles. The van der Waals surface area contributed by atoms with Gasteiger partial charge in [0.2, 0.25) is 0 Å². The van der Waals surface area contributed by atoms with Gasteiger partial charge in [-0.2, -0.15) is 0 Å². The van der Waals surface area contributed by atoms with Gasteiger partial charge in [-0.1, -0.05) is 18.2 Å². The molecule has 0 unspecified atom stereocenters. The van der Waals surface area contributed by atoms with Crippen molar-refractivity contribution in [3.05, 3.63) is 77.9 Å². The summed E-state index contributed by atoms with van der Waals surface area (Å²) in [6.07, 6.45) is 7.36. The highest BCUT2D eigenvalue weighted by Crippen LogP contribution is 2.45. The molecule has 4 rings (SSSR count). The molecule has 0 amide bonds. The number of aromatic nitrogens is 3. The van der Waals surface area contributed by atoms with Gasteiger partial charge in [0.05, 0.1) is 11.4 Å². The monoisotopic (exact) mass is 245 g/mol. The zero-order chi connectivity index (χ0) is 12.7. The third-order valence-corrected chi connectivity index (χ3v) is 3.54. The lowest BCUT2D eigenvalue weighted by atomic mass is 9.91. The molecule has 0 saturated carbocycles. The van der Waals surface area contributed by atoms with Gasteiger partial charge < -0.3 is 0 Å². The van der Waals surface area contributed by atoms with Crippen LogP contribution in [-0.4, -0.2) is 15.0 Å². The van der Waals surface area contributed by atoms with Gasteiger partial charge >= 0.3 is 0 Å².